The van der Waals surface area contributed by atoms with Crippen LogP contribution in [-0.4, -0.2) is 20.9 Å². The minimum atomic E-state index is -0.961. The molecule has 0 bridgehead atoms. The fourth-order valence-corrected chi connectivity index (χ4v) is 5.53. The molecule has 5 rings (SSSR count). The number of hydrogen-bond donors (Lipinski definition) is 1. The Morgan fingerprint density at radius 2 is 1.81 bits per heavy atom. The summed E-state index contributed by atoms with van der Waals surface area (Å²) in [6, 6.07) is 17.5. The van der Waals surface area contributed by atoms with Crippen molar-refractivity contribution in [2.24, 2.45) is 5.92 Å². The Morgan fingerprint density at radius 1 is 1.11 bits per heavy atom. The Kier molecular flexibility index (Phi) is 7.60. The van der Waals surface area contributed by atoms with Gasteiger partial charge in [0.15, 0.2) is 0 Å². The van der Waals surface area contributed by atoms with Gasteiger partial charge in [-0.15, -0.1) is 0 Å². The van der Waals surface area contributed by atoms with Crippen molar-refractivity contribution in [1.29, 1.82) is 0 Å². The summed E-state index contributed by atoms with van der Waals surface area (Å²) < 4.78 is 23.8. The van der Waals surface area contributed by atoms with Crippen molar-refractivity contribution in [3.05, 3.63) is 91.9 Å². The molecular formula is C28H25ClFIN2O3. The van der Waals surface area contributed by atoms with Crippen LogP contribution in [0.4, 0.5) is 4.39 Å². The minimum absolute atomic E-state index is 0.236. The molecule has 0 spiro atoms. The number of aromatic carboxylic acids is 1. The second-order valence-corrected chi connectivity index (χ2v) is 10.8. The first-order chi connectivity index (χ1) is 17.4. The van der Waals surface area contributed by atoms with Crippen LogP contribution in [-0.2, 0) is 11.3 Å². The molecule has 0 saturated heterocycles. The molecule has 1 unspecified atom stereocenters. The number of ether oxygens (including phenoxy) is 1. The van der Waals surface area contributed by atoms with Gasteiger partial charge in [-0.25, -0.2) is 13.9 Å². The van der Waals surface area contributed by atoms with E-state index in [1.165, 1.54) is 6.42 Å². The topological polar surface area (TPSA) is 64.3 Å². The summed E-state index contributed by atoms with van der Waals surface area (Å²) in [6.45, 7) is 0.307. The molecule has 8 heteroatoms. The number of benzene rings is 3. The molecule has 0 radical (unpaired) electrons. The lowest BCUT2D eigenvalue weighted by molar-refractivity contribution is -0.0155. The molecule has 0 amide bonds. The summed E-state index contributed by atoms with van der Waals surface area (Å²) >= 11 is 8.14. The molecule has 1 heterocycles. The van der Waals surface area contributed by atoms with Gasteiger partial charge in [-0.05, 0) is 95.4 Å². The SMILES string of the molecule is O=C(O)c1ccc(COC(c2c3cc(F)c(I)cc3nn2-c2ccc(Cl)cc2)C2CCCCC2)cc1. The fourth-order valence-electron chi connectivity index (χ4n) is 4.96. The van der Waals surface area contributed by atoms with E-state index in [1.807, 2.05) is 51.5 Å². The summed E-state index contributed by atoms with van der Waals surface area (Å²) in [5.41, 5.74) is 3.48. The van der Waals surface area contributed by atoms with E-state index in [2.05, 4.69) is 0 Å². The van der Waals surface area contributed by atoms with Gasteiger partial charge in [0.1, 0.15) is 11.9 Å². The maximum absolute atomic E-state index is 14.8. The molecule has 4 aromatic rings. The predicted octanol–water partition coefficient (Wildman–Crippen LogP) is 7.96. The number of carboxylic acids is 1. The monoisotopic (exact) mass is 618 g/mol. The van der Waals surface area contributed by atoms with E-state index < -0.39 is 5.97 Å². The predicted molar refractivity (Wildman–Crippen MR) is 146 cm³/mol. The zero-order valence-corrected chi connectivity index (χ0v) is 22.4. The molecule has 1 fully saturated rings. The first kappa shape index (κ1) is 25.2. The zero-order valence-electron chi connectivity index (χ0n) is 19.5. The Morgan fingerprint density at radius 3 is 2.47 bits per heavy atom. The van der Waals surface area contributed by atoms with Gasteiger partial charge in [0.05, 0.1) is 32.6 Å². The molecule has 0 aliphatic heterocycles. The van der Waals surface area contributed by atoms with E-state index in [0.717, 1.165) is 48.0 Å². The van der Waals surface area contributed by atoms with Gasteiger partial charge in [-0.1, -0.05) is 43.0 Å². The van der Waals surface area contributed by atoms with Gasteiger partial charge >= 0.3 is 5.97 Å². The summed E-state index contributed by atoms with van der Waals surface area (Å²) in [6.07, 6.45) is 5.16. The van der Waals surface area contributed by atoms with Crippen molar-refractivity contribution in [2.45, 2.75) is 44.8 Å². The van der Waals surface area contributed by atoms with Crippen LogP contribution in [0.3, 0.4) is 0 Å². The highest BCUT2D eigenvalue weighted by Crippen LogP contribution is 2.41. The number of halogens is 3. The molecule has 5 nitrogen and oxygen atoms in total. The molecular weight excluding hydrogens is 594 g/mol. The van der Waals surface area contributed by atoms with Crippen LogP contribution in [0, 0.1) is 15.3 Å². The van der Waals surface area contributed by atoms with Crippen molar-refractivity contribution >= 4 is 51.1 Å². The van der Waals surface area contributed by atoms with Crippen LogP contribution in [0.25, 0.3) is 16.6 Å². The number of fused-ring (bicyclic) bond motifs is 1. The number of hydrogen-bond acceptors (Lipinski definition) is 3. The fraction of sp³-hybridized carbons (Fsp3) is 0.286. The first-order valence-corrected chi connectivity index (χ1v) is 13.4. The molecule has 1 atom stereocenters. The second-order valence-electron chi connectivity index (χ2n) is 9.19. The van der Waals surface area contributed by atoms with E-state index in [0.29, 0.717) is 20.7 Å². The van der Waals surface area contributed by atoms with E-state index in [1.54, 1.807) is 36.4 Å². The molecule has 1 aliphatic rings. The zero-order chi connectivity index (χ0) is 25.2. The maximum atomic E-state index is 14.8. The quantitative estimate of drug-likeness (QED) is 0.214. The lowest BCUT2D eigenvalue weighted by Crippen LogP contribution is -2.22. The second kappa shape index (κ2) is 10.9. The normalized spacial score (nSPS) is 15.3. The smallest absolute Gasteiger partial charge is 0.335 e. The number of carbonyl (C=O) groups is 1. The minimum Gasteiger partial charge on any atom is -0.478 e. The molecule has 1 aliphatic carbocycles. The highest BCUT2D eigenvalue weighted by Gasteiger charge is 2.32. The van der Waals surface area contributed by atoms with Crippen LogP contribution in [0.1, 0.15) is 59.8 Å². The largest absolute Gasteiger partial charge is 0.478 e. The summed E-state index contributed by atoms with van der Waals surface area (Å²) in [5, 5.41) is 15.4. The third-order valence-corrected chi connectivity index (χ3v) is 7.88. The number of aromatic nitrogens is 2. The van der Waals surface area contributed by atoms with Crippen LogP contribution in [0.5, 0.6) is 0 Å². The van der Waals surface area contributed by atoms with Crippen LogP contribution in [0.15, 0.2) is 60.7 Å². The summed E-state index contributed by atoms with van der Waals surface area (Å²) in [5.74, 6) is -0.991. The van der Waals surface area contributed by atoms with Gasteiger partial charge in [0.25, 0.3) is 0 Å². The first-order valence-electron chi connectivity index (χ1n) is 12.0. The van der Waals surface area contributed by atoms with Crippen molar-refractivity contribution in [3.63, 3.8) is 0 Å². The average molecular weight is 619 g/mol. The van der Waals surface area contributed by atoms with Gasteiger partial charge in [0, 0.05) is 10.4 Å². The molecule has 186 valence electrons. The van der Waals surface area contributed by atoms with E-state index >= 15 is 0 Å². The molecule has 1 aromatic heterocycles. The third-order valence-electron chi connectivity index (χ3n) is 6.80. The Balaban J connectivity index is 1.60. The third kappa shape index (κ3) is 5.28. The highest BCUT2D eigenvalue weighted by atomic mass is 127. The van der Waals surface area contributed by atoms with Gasteiger partial charge in [0.2, 0.25) is 0 Å². The van der Waals surface area contributed by atoms with Crippen molar-refractivity contribution in [2.75, 3.05) is 0 Å². The summed E-state index contributed by atoms with van der Waals surface area (Å²) in [7, 11) is 0. The number of nitrogens with zero attached hydrogens (tertiary/aromatic N) is 2. The maximum Gasteiger partial charge on any atom is 0.335 e. The van der Waals surface area contributed by atoms with Gasteiger partial charge < -0.3 is 9.84 Å². The Hall–Kier alpha value is -2.49. The van der Waals surface area contributed by atoms with Gasteiger partial charge in [-0.3, -0.25) is 0 Å². The standard InChI is InChI=1S/C28H25ClFIN2O3/c29-20-10-12-21(13-11-20)33-26(22-14-23(30)24(31)15-25(22)32-33)27(18-4-2-1-3-5-18)36-16-17-6-8-19(9-7-17)28(34)35/h6-15,18,27H,1-5,16H2,(H,34,35). The molecule has 36 heavy (non-hydrogen) atoms. The van der Waals surface area contributed by atoms with Crippen molar-refractivity contribution in [1.82, 2.24) is 9.78 Å². The van der Waals surface area contributed by atoms with Crippen LogP contribution < -0.4 is 0 Å². The lowest BCUT2D eigenvalue weighted by Gasteiger charge is -2.31. The van der Waals surface area contributed by atoms with Crippen LogP contribution in [0.2, 0.25) is 5.02 Å². The molecule has 1 saturated carbocycles. The lowest BCUT2D eigenvalue weighted by atomic mass is 9.83. The van der Waals surface area contributed by atoms with Gasteiger partial charge in [-0.2, -0.15) is 5.10 Å². The van der Waals surface area contributed by atoms with Crippen LogP contribution >= 0.6 is 34.2 Å². The highest BCUT2D eigenvalue weighted by molar-refractivity contribution is 14.1. The van der Waals surface area contributed by atoms with E-state index in [-0.39, 0.29) is 23.4 Å². The average Bonchev–Trinajstić information content (AvgIpc) is 3.23. The molecule has 1 N–H and O–H groups in total. The van der Waals surface area contributed by atoms with Crippen molar-refractivity contribution in [3.8, 4) is 5.69 Å². The number of rotatable bonds is 7. The number of carboxylic acid groups (broad SMARTS) is 1. The molecule has 3 aromatic carbocycles. The Labute approximate surface area is 227 Å². The summed E-state index contributed by atoms with van der Waals surface area (Å²) in [4.78, 5) is 11.2. The van der Waals surface area contributed by atoms with E-state index in [9.17, 15) is 14.3 Å². The Bertz CT molecular complexity index is 1380. The van der Waals surface area contributed by atoms with E-state index in [4.69, 9.17) is 21.4 Å². The van der Waals surface area contributed by atoms with Crippen molar-refractivity contribution < 1.29 is 19.0 Å².